The molecule has 1 atom stereocenters. The molecule has 2 amide bonds. The van der Waals surface area contributed by atoms with Crippen LogP contribution >= 0.6 is 0 Å². The van der Waals surface area contributed by atoms with Crippen molar-refractivity contribution in [2.24, 2.45) is 0 Å². The molecule has 1 saturated heterocycles. The summed E-state index contributed by atoms with van der Waals surface area (Å²) in [6.07, 6.45) is 2.81. The average molecular weight is 338 g/mol. The van der Waals surface area contributed by atoms with Crippen LogP contribution < -0.4 is 5.32 Å². The summed E-state index contributed by atoms with van der Waals surface area (Å²) in [5.41, 5.74) is 1.72. The van der Waals surface area contributed by atoms with E-state index in [2.05, 4.69) is 15.5 Å². The predicted octanol–water partition coefficient (Wildman–Crippen LogP) is 2.87. The van der Waals surface area contributed by atoms with Crippen molar-refractivity contribution in [3.8, 4) is 11.3 Å². The number of likely N-dealkylation sites (tertiary alicyclic amines) is 1. The summed E-state index contributed by atoms with van der Waals surface area (Å²) in [6.45, 7) is 2.61. The second-order valence-corrected chi connectivity index (χ2v) is 6.15. The van der Waals surface area contributed by atoms with Crippen molar-refractivity contribution in [1.29, 1.82) is 0 Å². The van der Waals surface area contributed by atoms with Gasteiger partial charge >= 0.3 is 0 Å². The summed E-state index contributed by atoms with van der Waals surface area (Å²) in [7, 11) is 0. The topological polar surface area (TPSA) is 75.2 Å². The minimum atomic E-state index is -0.408. The minimum Gasteiger partial charge on any atom is -0.331 e. The summed E-state index contributed by atoms with van der Waals surface area (Å²) in [5.74, 6) is 0.258. The Balaban J connectivity index is 1.65. The highest BCUT2D eigenvalue weighted by atomic mass is 16.2. The zero-order valence-electron chi connectivity index (χ0n) is 14.3. The highest BCUT2D eigenvalue weighted by Gasteiger charge is 2.33. The van der Waals surface area contributed by atoms with Crippen molar-refractivity contribution in [3.05, 3.63) is 42.5 Å². The monoisotopic (exact) mass is 338 g/mol. The Morgan fingerprint density at radius 1 is 1.16 bits per heavy atom. The first-order chi connectivity index (χ1) is 12.2. The number of hydrogen-bond acceptors (Lipinski definition) is 4. The summed E-state index contributed by atoms with van der Waals surface area (Å²) in [5, 5.41) is 11.0. The first-order valence-corrected chi connectivity index (χ1v) is 8.68. The van der Waals surface area contributed by atoms with Gasteiger partial charge in [-0.1, -0.05) is 37.3 Å². The molecule has 1 unspecified atom stereocenters. The van der Waals surface area contributed by atoms with Crippen LogP contribution in [0.25, 0.3) is 11.3 Å². The van der Waals surface area contributed by atoms with E-state index in [0.717, 1.165) is 24.1 Å². The lowest BCUT2D eigenvalue weighted by Crippen LogP contribution is -2.43. The van der Waals surface area contributed by atoms with Crippen molar-refractivity contribution in [3.63, 3.8) is 0 Å². The molecule has 1 aliphatic rings. The van der Waals surface area contributed by atoms with Gasteiger partial charge in [-0.15, -0.1) is 10.2 Å². The molecular formula is C19H22N4O2. The Morgan fingerprint density at radius 3 is 2.64 bits per heavy atom. The summed E-state index contributed by atoms with van der Waals surface area (Å²) in [6, 6.07) is 12.9. The third kappa shape index (κ3) is 4.02. The van der Waals surface area contributed by atoms with Crippen LogP contribution in [0.3, 0.4) is 0 Å². The Kier molecular flexibility index (Phi) is 5.38. The molecule has 6 nitrogen and oxygen atoms in total. The average Bonchev–Trinajstić information content (AvgIpc) is 3.13. The van der Waals surface area contributed by atoms with Crippen molar-refractivity contribution in [2.75, 3.05) is 11.9 Å². The normalized spacial score (nSPS) is 16.7. The highest BCUT2D eigenvalue weighted by molar-refractivity contribution is 5.96. The third-order valence-electron chi connectivity index (χ3n) is 4.33. The smallest absolute Gasteiger partial charge is 0.248 e. The van der Waals surface area contributed by atoms with E-state index in [9.17, 15) is 9.59 Å². The van der Waals surface area contributed by atoms with Crippen molar-refractivity contribution >= 4 is 17.6 Å². The van der Waals surface area contributed by atoms with Gasteiger partial charge in [0.05, 0.1) is 5.69 Å². The maximum absolute atomic E-state index is 12.5. The SMILES string of the molecule is CCCC(=O)N1CCCC1C(=O)Nc1ccc(-c2ccccc2)nn1. The fourth-order valence-corrected chi connectivity index (χ4v) is 3.07. The Hall–Kier alpha value is -2.76. The van der Waals surface area contributed by atoms with E-state index in [1.54, 1.807) is 11.0 Å². The molecule has 1 fully saturated rings. The summed E-state index contributed by atoms with van der Waals surface area (Å²) in [4.78, 5) is 26.3. The molecule has 25 heavy (non-hydrogen) atoms. The van der Waals surface area contributed by atoms with Crippen LogP contribution in [0.5, 0.6) is 0 Å². The number of nitrogens with one attached hydrogen (secondary N) is 1. The van der Waals surface area contributed by atoms with Crippen LogP contribution in [0.1, 0.15) is 32.6 Å². The lowest BCUT2D eigenvalue weighted by molar-refractivity contribution is -0.136. The van der Waals surface area contributed by atoms with E-state index >= 15 is 0 Å². The number of nitrogens with zero attached hydrogens (tertiary/aromatic N) is 3. The molecule has 1 aliphatic heterocycles. The number of benzene rings is 1. The highest BCUT2D eigenvalue weighted by Crippen LogP contribution is 2.21. The van der Waals surface area contributed by atoms with Gasteiger partial charge in [-0.25, -0.2) is 0 Å². The molecule has 0 aliphatic carbocycles. The van der Waals surface area contributed by atoms with Crippen molar-refractivity contribution in [2.45, 2.75) is 38.6 Å². The van der Waals surface area contributed by atoms with Gasteiger partial charge in [0.1, 0.15) is 6.04 Å². The number of aromatic nitrogens is 2. The van der Waals surface area contributed by atoms with E-state index in [1.807, 2.05) is 43.3 Å². The maximum atomic E-state index is 12.5. The molecule has 0 bridgehead atoms. The van der Waals surface area contributed by atoms with Gasteiger partial charge in [0.2, 0.25) is 11.8 Å². The second-order valence-electron chi connectivity index (χ2n) is 6.15. The first-order valence-electron chi connectivity index (χ1n) is 8.68. The lowest BCUT2D eigenvalue weighted by Gasteiger charge is -2.23. The Bertz CT molecular complexity index is 731. The largest absolute Gasteiger partial charge is 0.331 e. The van der Waals surface area contributed by atoms with Gasteiger partial charge in [0.25, 0.3) is 0 Å². The summed E-state index contributed by atoms with van der Waals surface area (Å²) < 4.78 is 0. The van der Waals surface area contributed by atoms with Gasteiger partial charge in [0.15, 0.2) is 5.82 Å². The van der Waals surface area contributed by atoms with Crippen molar-refractivity contribution < 1.29 is 9.59 Å². The fourth-order valence-electron chi connectivity index (χ4n) is 3.07. The summed E-state index contributed by atoms with van der Waals surface area (Å²) >= 11 is 0. The Morgan fingerprint density at radius 2 is 1.96 bits per heavy atom. The molecule has 0 saturated carbocycles. The van der Waals surface area contributed by atoms with Crippen LogP contribution in [0.15, 0.2) is 42.5 Å². The Labute approximate surface area is 147 Å². The van der Waals surface area contributed by atoms with E-state index in [-0.39, 0.29) is 11.8 Å². The molecule has 2 heterocycles. The standard InChI is InChI=1S/C19H22N4O2/c1-2-7-18(24)23-13-6-10-16(23)19(25)20-17-12-11-15(21-22-17)14-8-4-3-5-9-14/h3-5,8-9,11-12,16H,2,6-7,10,13H2,1H3,(H,20,22,25). The van der Waals surface area contributed by atoms with Crippen LogP contribution in [0.4, 0.5) is 5.82 Å². The molecule has 130 valence electrons. The number of amides is 2. The molecular weight excluding hydrogens is 316 g/mol. The molecule has 1 aromatic heterocycles. The quantitative estimate of drug-likeness (QED) is 0.909. The van der Waals surface area contributed by atoms with Gasteiger partial charge in [-0.3, -0.25) is 9.59 Å². The second kappa shape index (κ2) is 7.88. The fraction of sp³-hybridized carbons (Fsp3) is 0.368. The number of carbonyl (C=O) groups excluding carboxylic acids is 2. The molecule has 0 radical (unpaired) electrons. The zero-order valence-corrected chi connectivity index (χ0v) is 14.3. The van der Waals surface area contributed by atoms with Crippen LogP contribution in [-0.2, 0) is 9.59 Å². The first kappa shape index (κ1) is 17.1. The van der Waals surface area contributed by atoms with E-state index in [0.29, 0.717) is 25.2 Å². The van der Waals surface area contributed by atoms with E-state index in [4.69, 9.17) is 0 Å². The molecule has 1 N–H and O–H groups in total. The molecule has 6 heteroatoms. The van der Waals surface area contributed by atoms with Gasteiger partial charge in [0, 0.05) is 18.5 Å². The predicted molar refractivity (Wildman–Crippen MR) is 95.7 cm³/mol. The van der Waals surface area contributed by atoms with Crippen LogP contribution in [-0.4, -0.2) is 39.5 Å². The van der Waals surface area contributed by atoms with Crippen molar-refractivity contribution in [1.82, 2.24) is 15.1 Å². The van der Waals surface area contributed by atoms with Gasteiger partial charge in [-0.2, -0.15) is 0 Å². The third-order valence-corrected chi connectivity index (χ3v) is 4.33. The molecule has 0 spiro atoms. The van der Waals surface area contributed by atoms with E-state index in [1.165, 1.54) is 0 Å². The molecule has 3 rings (SSSR count). The van der Waals surface area contributed by atoms with Gasteiger partial charge in [-0.05, 0) is 31.4 Å². The maximum Gasteiger partial charge on any atom is 0.248 e. The molecule has 2 aromatic rings. The lowest BCUT2D eigenvalue weighted by atomic mass is 10.1. The number of anilines is 1. The number of hydrogen-bond donors (Lipinski definition) is 1. The van der Waals surface area contributed by atoms with Gasteiger partial charge < -0.3 is 10.2 Å². The van der Waals surface area contributed by atoms with E-state index < -0.39 is 6.04 Å². The minimum absolute atomic E-state index is 0.0469. The molecule has 1 aromatic carbocycles. The number of rotatable bonds is 5. The van der Waals surface area contributed by atoms with Crippen LogP contribution in [0.2, 0.25) is 0 Å². The zero-order chi connectivity index (χ0) is 17.6. The van der Waals surface area contributed by atoms with Crippen LogP contribution in [0, 0.1) is 0 Å². The number of carbonyl (C=O) groups is 2.